The van der Waals surface area contributed by atoms with E-state index in [1.165, 1.54) is 4.57 Å². The van der Waals surface area contributed by atoms with Crippen LogP contribution >= 0.6 is 0 Å². The van der Waals surface area contributed by atoms with Gasteiger partial charge in [-0.3, -0.25) is 14.2 Å². The Morgan fingerprint density at radius 1 is 1.00 bits per heavy atom. The number of benzene rings is 2. The topological polar surface area (TPSA) is 196 Å². The van der Waals surface area contributed by atoms with Crippen LogP contribution < -0.4 is 21.7 Å². The molecule has 4 aromatic rings. The van der Waals surface area contributed by atoms with Crippen LogP contribution in [0.1, 0.15) is 64.5 Å². The molecule has 0 saturated heterocycles. The number of imidazole rings is 1. The monoisotopic (exact) mass is 646 g/mol. The summed E-state index contributed by atoms with van der Waals surface area (Å²) in [5, 5.41) is 19.1. The van der Waals surface area contributed by atoms with Crippen molar-refractivity contribution in [3.05, 3.63) is 65.7 Å². The average molecular weight is 647 g/mol. The van der Waals surface area contributed by atoms with Gasteiger partial charge in [0.2, 0.25) is 11.9 Å². The maximum atomic E-state index is 13.3. The second-order valence-electron chi connectivity index (χ2n) is 12.0. The Morgan fingerprint density at radius 2 is 1.72 bits per heavy atom. The third kappa shape index (κ3) is 10.3. The summed E-state index contributed by atoms with van der Waals surface area (Å²) in [7, 11) is 0. The molecule has 250 valence electrons. The number of unbranched alkanes of at least 4 members (excludes halogenated alkanes) is 1. The van der Waals surface area contributed by atoms with Crippen molar-refractivity contribution in [3.8, 4) is 6.01 Å². The number of anilines is 3. The van der Waals surface area contributed by atoms with E-state index in [2.05, 4.69) is 37.8 Å². The van der Waals surface area contributed by atoms with Gasteiger partial charge in [0.05, 0.1) is 6.54 Å². The van der Waals surface area contributed by atoms with Crippen LogP contribution in [0, 0.1) is 0 Å². The molecule has 0 fully saturated rings. The SMILES string of the molecule is CCCCNc1nc(N)c2nc(O)n(Cc3ccc(NC(=O)C(CCC(=O)OC(C)(C)C)NC(=O)OCc4ccccc4)cc3)c2n1. The van der Waals surface area contributed by atoms with Crippen molar-refractivity contribution < 1.29 is 29.0 Å². The third-order valence-corrected chi connectivity index (χ3v) is 6.86. The number of rotatable bonds is 14. The highest BCUT2D eigenvalue weighted by Crippen LogP contribution is 2.25. The summed E-state index contributed by atoms with van der Waals surface area (Å²) in [5.74, 6) is -0.530. The van der Waals surface area contributed by atoms with E-state index in [-0.39, 0.29) is 37.8 Å². The van der Waals surface area contributed by atoms with Gasteiger partial charge in [0.1, 0.15) is 18.2 Å². The van der Waals surface area contributed by atoms with Crippen molar-refractivity contribution in [1.82, 2.24) is 24.8 Å². The Kier molecular flexibility index (Phi) is 11.5. The predicted molar refractivity (Wildman–Crippen MR) is 178 cm³/mol. The molecule has 0 spiro atoms. The number of amides is 2. The number of carbonyl (C=O) groups excluding carboxylic acids is 3. The lowest BCUT2D eigenvalue weighted by Crippen LogP contribution is -2.44. The van der Waals surface area contributed by atoms with Crippen molar-refractivity contribution >= 4 is 46.6 Å². The summed E-state index contributed by atoms with van der Waals surface area (Å²) < 4.78 is 12.2. The molecular weight excluding hydrogens is 604 g/mol. The first kappa shape index (κ1) is 34.5. The van der Waals surface area contributed by atoms with Crippen LogP contribution in [0.2, 0.25) is 0 Å². The highest BCUT2D eigenvalue weighted by molar-refractivity contribution is 5.96. The molecule has 2 amide bonds. The number of hydrogen-bond donors (Lipinski definition) is 5. The zero-order valence-corrected chi connectivity index (χ0v) is 27.1. The first-order valence-electron chi connectivity index (χ1n) is 15.5. The zero-order valence-electron chi connectivity index (χ0n) is 27.1. The lowest BCUT2D eigenvalue weighted by atomic mass is 10.1. The standard InChI is InChI=1S/C33H42N8O6/c1-5-6-18-35-30-39-27(34)26-28(40-30)41(31(44)38-26)19-21-12-14-23(15-13-21)36-29(43)24(16-17-25(42)47-33(2,3)4)37-32(45)46-20-22-10-8-7-9-11-22/h7-15,24H,5-6,16-20H2,1-4H3,(H,36,43)(H,37,45)(H,38,44)(H3,34,35,39,40). The quantitative estimate of drug-likeness (QED) is 0.0938. The Bertz CT molecular complexity index is 1670. The fourth-order valence-electron chi connectivity index (χ4n) is 4.55. The maximum Gasteiger partial charge on any atom is 0.408 e. The Hall–Kier alpha value is -5.40. The largest absolute Gasteiger partial charge is 0.480 e. The van der Waals surface area contributed by atoms with Crippen molar-refractivity contribution in [3.63, 3.8) is 0 Å². The number of aromatic hydroxyl groups is 1. The van der Waals surface area contributed by atoms with Crippen LogP contribution in [0.5, 0.6) is 6.01 Å². The van der Waals surface area contributed by atoms with Gasteiger partial charge in [-0.05, 0) is 56.9 Å². The van der Waals surface area contributed by atoms with E-state index >= 15 is 0 Å². The number of carbonyl (C=O) groups is 3. The van der Waals surface area contributed by atoms with Gasteiger partial charge in [-0.1, -0.05) is 55.8 Å². The number of nitrogen functional groups attached to an aromatic ring is 1. The van der Waals surface area contributed by atoms with E-state index in [0.29, 0.717) is 29.3 Å². The number of ether oxygens (including phenoxy) is 2. The average Bonchev–Trinajstić information content (AvgIpc) is 3.33. The number of esters is 1. The number of hydrogen-bond acceptors (Lipinski definition) is 11. The highest BCUT2D eigenvalue weighted by atomic mass is 16.6. The smallest absolute Gasteiger partial charge is 0.408 e. The minimum absolute atomic E-state index is 0.00741. The van der Waals surface area contributed by atoms with Gasteiger partial charge in [-0.2, -0.15) is 15.0 Å². The molecule has 2 aromatic heterocycles. The number of nitrogens with one attached hydrogen (secondary N) is 3. The molecule has 1 unspecified atom stereocenters. The number of nitrogens with two attached hydrogens (primary N) is 1. The lowest BCUT2D eigenvalue weighted by Gasteiger charge is -2.21. The van der Waals surface area contributed by atoms with Crippen molar-refractivity contribution in [2.75, 3.05) is 22.9 Å². The van der Waals surface area contributed by atoms with Crippen LogP contribution in [0.3, 0.4) is 0 Å². The molecule has 14 heteroatoms. The predicted octanol–water partition coefficient (Wildman–Crippen LogP) is 4.73. The van der Waals surface area contributed by atoms with Gasteiger partial charge in [0.15, 0.2) is 17.0 Å². The van der Waals surface area contributed by atoms with Gasteiger partial charge in [0.25, 0.3) is 6.01 Å². The normalized spacial score (nSPS) is 11.9. The summed E-state index contributed by atoms with van der Waals surface area (Å²) >= 11 is 0. The minimum atomic E-state index is -1.08. The molecule has 4 rings (SSSR count). The number of alkyl carbamates (subject to hydrolysis) is 1. The second kappa shape index (κ2) is 15.7. The molecule has 1 atom stereocenters. The van der Waals surface area contributed by atoms with Crippen LogP contribution in [0.4, 0.5) is 22.2 Å². The molecule has 2 aromatic carbocycles. The van der Waals surface area contributed by atoms with Crippen LogP contribution in [-0.4, -0.2) is 60.8 Å². The van der Waals surface area contributed by atoms with E-state index in [0.717, 1.165) is 24.0 Å². The molecule has 0 aliphatic carbocycles. The van der Waals surface area contributed by atoms with E-state index < -0.39 is 29.6 Å². The second-order valence-corrected chi connectivity index (χ2v) is 12.0. The molecule has 0 radical (unpaired) electrons. The Morgan fingerprint density at radius 3 is 2.40 bits per heavy atom. The highest BCUT2D eigenvalue weighted by Gasteiger charge is 2.25. The van der Waals surface area contributed by atoms with E-state index in [1.807, 2.05) is 30.3 Å². The molecule has 47 heavy (non-hydrogen) atoms. The van der Waals surface area contributed by atoms with Crippen molar-refractivity contribution in [1.29, 1.82) is 0 Å². The summed E-state index contributed by atoms with van der Waals surface area (Å²) in [5.41, 5.74) is 8.09. The number of nitrogens with zero attached hydrogens (tertiary/aromatic N) is 4. The molecule has 14 nitrogen and oxygen atoms in total. The lowest BCUT2D eigenvalue weighted by molar-refractivity contribution is -0.155. The first-order valence-corrected chi connectivity index (χ1v) is 15.5. The molecule has 0 aliphatic rings. The first-order chi connectivity index (χ1) is 22.4. The third-order valence-electron chi connectivity index (χ3n) is 6.86. The fourth-order valence-corrected chi connectivity index (χ4v) is 4.55. The molecule has 0 aliphatic heterocycles. The maximum absolute atomic E-state index is 13.3. The zero-order chi connectivity index (χ0) is 34.0. The molecular formula is C33H42N8O6. The van der Waals surface area contributed by atoms with Crippen LogP contribution in [0.15, 0.2) is 54.6 Å². The van der Waals surface area contributed by atoms with Gasteiger partial charge < -0.3 is 36.3 Å². The number of aromatic nitrogens is 4. The molecule has 2 heterocycles. The van der Waals surface area contributed by atoms with Crippen molar-refractivity contribution in [2.24, 2.45) is 0 Å². The summed E-state index contributed by atoms with van der Waals surface area (Å²) in [6.07, 6.45) is 1.04. The van der Waals surface area contributed by atoms with Crippen LogP contribution in [-0.2, 0) is 32.2 Å². The summed E-state index contributed by atoms with van der Waals surface area (Å²) in [6, 6.07) is 14.7. The molecule has 0 saturated carbocycles. The van der Waals surface area contributed by atoms with Gasteiger partial charge in [-0.25, -0.2) is 4.79 Å². The van der Waals surface area contributed by atoms with E-state index in [1.54, 1.807) is 45.0 Å². The van der Waals surface area contributed by atoms with Crippen LogP contribution in [0.25, 0.3) is 11.2 Å². The Balaban J connectivity index is 1.43. The number of fused-ring (bicyclic) bond motifs is 1. The van der Waals surface area contributed by atoms with Gasteiger partial charge in [-0.15, -0.1) is 0 Å². The van der Waals surface area contributed by atoms with E-state index in [4.69, 9.17) is 15.2 Å². The van der Waals surface area contributed by atoms with Gasteiger partial charge in [0, 0.05) is 18.7 Å². The molecule has 6 N–H and O–H groups in total. The summed E-state index contributed by atoms with van der Waals surface area (Å²) in [4.78, 5) is 51.1. The Labute approximate surface area is 273 Å². The van der Waals surface area contributed by atoms with Crippen molar-refractivity contribution in [2.45, 2.75) is 78.2 Å². The fraction of sp³-hybridized carbons (Fsp3) is 0.394. The van der Waals surface area contributed by atoms with E-state index in [9.17, 15) is 19.5 Å². The summed E-state index contributed by atoms with van der Waals surface area (Å²) in [6.45, 7) is 8.25. The minimum Gasteiger partial charge on any atom is -0.480 e. The molecule has 0 bridgehead atoms. The van der Waals surface area contributed by atoms with Gasteiger partial charge >= 0.3 is 12.1 Å².